The van der Waals surface area contributed by atoms with Gasteiger partial charge in [0.15, 0.2) is 5.82 Å². The first-order chi connectivity index (χ1) is 18.1. The van der Waals surface area contributed by atoms with Crippen molar-refractivity contribution in [3.05, 3.63) is 59.4 Å². The lowest BCUT2D eigenvalue weighted by Crippen LogP contribution is -2.46. The number of carbonyl (C=O) groups is 1. The summed E-state index contributed by atoms with van der Waals surface area (Å²) in [6.45, 7) is 6.44. The van der Waals surface area contributed by atoms with Crippen LogP contribution >= 0.6 is 0 Å². The molecule has 3 aliphatic heterocycles. The maximum Gasteiger partial charge on any atom is 0.320 e. The Morgan fingerprint density at radius 3 is 2.73 bits per heavy atom. The van der Waals surface area contributed by atoms with Gasteiger partial charge in [0.1, 0.15) is 17.2 Å². The van der Waals surface area contributed by atoms with E-state index in [9.17, 15) is 4.79 Å². The number of amides is 2. The highest BCUT2D eigenvalue weighted by atomic mass is 16.5. The van der Waals surface area contributed by atoms with Crippen molar-refractivity contribution in [2.24, 2.45) is 0 Å². The van der Waals surface area contributed by atoms with E-state index < -0.39 is 0 Å². The van der Waals surface area contributed by atoms with Crippen molar-refractivity contribution in [1.82, 2.24) is 39.3 Å². The number of carbonyl (C=O) groups excluding carboxylic acids is 1. The largest absolute Gasteiger partial charge is 0.378 e. The number of morpholine rings is 1. The second kappa shape index (κ2) is 8.81. The SMILES string of the molecule is Cc1cccc(-c2nc3n(c2-c2ccnc(-c4nc5c([nH]4)CN(C(=O)N4CCOCC4)C5)c2)CCC3)n1. The quantitative estimate of drug-likeness (QED) is 0.466. The second-order valence-electron chi connectivity index (χ2n) is 9.82. The van der Waals surface area contributed by atoms with Crippen molar-refractivity contribution in [3.8, 4) is 34.2 Å². The fourth-order valence-electron chi connectivity index (χ4n) is 5.53. The number of hydrogen-bond acceptors (Lipinski definition) is 6. The Kier molecular flexibility index (Phi) is 5.28. The number of rotatable bonds is 3. The van der Waals surface area contributed by atoms with E-state index >= 15 is 0 Å². The summed E-state index contributed by atoms with van der Waals surface area (Å²) in [5, 5.41) is 0. The highest BCUT2D eigenvalue weighted by Crippen LogP contribution is 2.36. The van der Waals surface area contributed by atoms with Crippen LogP contribution < -0.4 is 0 Å². The highest BCUT2D eigenvalue weighted by molar-refractivity contribution is 5.79. The summed E-state index contributed by atoms with van der Waals surface area (Å²) >= 11 is 0. The lowest BCUT2D eigenvalue weighted by Gasteiger charge is -2.30. The number of fused-ring (bicyclic) bond motifs is 2. The van der Waals surface area contributed by atoms with Crippen LogP contribution in [0.25, 0.3) is 34.2 Å². The molecule has 0 saturated carbocycles. The molecule has 1 saturated heterocycles. The van der Waals surface area contributed by atoms with Crippen molar-refractivity contribution in [2.45, 2.75) is 39.4 Å². The third-order valence-electron chi connectivity index (χ3n) is 7.34. The van der Waals surface area contributed by atoms with Gasteiger partial charge in [0.25, 0.3) is 0 Å². The average molecular weight is 497 g/mol. The number of ether oxygens (including phenoxy) is 1. The summed E-state index contributed by atoms with van der Waals surface area (Å²) in [6.07, 6.45) is 3.90. The fourth-order valence-corrected chi connectivity index (χ4v) is 5.53. The first-order valence-electron chi connectivity index (χ1n) is 12.8. The monoisotopic (exact) mass is 496 g/mol. The smallest absolute Gasteiger partial charge is 0.320 e. The molecule has 3 aliphatic rings. The van der Waals surface area contributed by atoms with Crippen LogP contribution in [0.4, 0.5) is 4.79 Å². The molecule has 0 unspecified atom stereocenters. The first kappa shape index (κ1) is 22.2. The van der Waals surface area contributed by atoms with E-state index in [1.165, 1.54) is 0 Å². The number of nitrogens with zero attached hydrogens (tertiary/aromatic N) is 7. The molecule has 0 aromatic carbocycles. The summed E-state index contributed by atoms with van der Waals surface area (Å²) in [5.41, 5.74) is 7.54. The van der Waals surface area contributed by atoms with Gasteiger partial charge in [0.2, 0.25) is 0 Å². The zero-order chi connectivity index (χ0) is 24.9. The summed E-state index contributed by atoms with van der Waals surface area (Å²) in [7, 11) is 0. The summed E-state index contributed by atoms with van der Waals surface area (Å²) in [5.74, 6) is 1.83. The first-order valence-corrected chi connectivity index (χ1v) is 12.8. The van der Waals surface area contributed by atoms with Crippen LogP contribution in [0.2, 0.25) is 0 Å². The lowest BCUT2D eigenvalue weighted by molar-refractivity contribution is 0.0428. The Hall–Kier alpha value is -4.05. The third-order valence-corrected chi connectivity index (χ3v) is 7.34. The minimum Gasteiger partial charge on any atom is -0.378 e. The number of urea groups is 1. The Morgan fingerprint density at radius 2 is 1.89 bits per heavy atom. The molecule has 0 bridgehead atoms. The van der Waals surface area contributed by atoms with Crippen LogP contribution in [-0.2, 0) is 30.8 Å². The molecule has 1 N–H and O–H groups in total. The number of aromatic amines is 1. The highest BCUT2D eigenvalue weighted by Gasteiger charge is 2.31. The minimum atomic E-state index is 0.0447. The normalized spacial score (nSPS) is 16.8. The van der Waals surface area contributed by atoms with Crippen LogP contribution in [0.1, 0.15) is 29.3 Å². The predicted octanol–water partition coefficient (Wildman–Crippen LogP) is 3.42. The average Bonchev–Trinajstić information content (AvgIpc) is 3.69. The number of aromatic nitrogens is 6. The van der Waals surface area contributed by atoms with Gasteiger partial charge in [-0.2, -0.15) is 0 Å². The maximum absolute atomic E-state index is 12.9. The molecule has 188 valence electrons. The predicted molar refractivity (Wildman–Crippen MR) is 136 cm³/mol. The molecule has 4 aromatic rings. The van der Waals surface area contributed by atoms with Gasteiger partial charge in [-0.3, -0.25) is 9.97 Å². The molecule has 7 heterocycles. The summed E-state index contributed by atoms with van der Waals surface area (Å²) in [6, 6.07) is 10.2. The Labute approximate surface area is 214 Å². The van der Waals surface area contributed by atoms with E-state index in [-0.39, 0.29) is 6.03 Å². The maximum atomic E-state index is 12.9. The number of H-pyrrole nitrogens is 1. The number of hydrogen-bond donors (Lipinski definition) is 1. The van der Waals surface area contributed by atoms with Crippen LogP contribution in [0.3, 0.4) is 0 Å². The molecule has 0 aliphatic carbocycles. The van der Waals surface area contributed by atoms with Crippen LogP contribution in [-0.4, -0.2) is 71.6 Å². The molecular weight excluding hydrogens is 468 g/mol. The lowest BCUT2D eigenvalue weighted by atomic mass is 10.1. The number of nitrogens with one attached hydrogen (secondary N) is 1. The van der Waals surface area contributed by atoms with Crippen LogP contribution in [0, 0.1) is 6.92 Å². The Bertz CT molecular complexity index is 1480. The van der Waals surface area contributed by atoms with E-state index in [2.05, 4.69) is 20.6 Å². The van der Waals surface area contributed by atoms with Gasteiger partial charge >= 0.3 is 6.03 Å². The van der Waals surface area contributed by atoms with Crippen molar-refractivity contribution in [1.29, 1.82) is 0 Å². The second-order valence-corrected chi connectivity index (χ2v) is 9.82. The molecule has 4 aromatic heterocycles. The summed E-state index contributed by atoms with van der Waals surface area (Å²) in [4.78, 5) is 39.2. The topological polar surface area (TPSA) is 105 Å². The molecule has 37 heavy (non-hydrogen) atoms. The molecule has 10 nitrogen and oxygen atoms in total. The van der Waals surface area contributed by atoms with E-state index in [0.717, 1.165) is 76.5 Å². The van der Waals surface area contributed by atoms with Gasteiger partial charge in [-0.1, -0.05) is 6.07 Å². The molecule has 0 atom stereocenters. The molecule has 7 rings (SSSR count). The van der Waals surface area contributed by atoms with Crippen LogP contribution in [0.5, 0.6) is 0 Å². The molecular formula is C27H28N8O2. The van der Waals surface area contributed by atoms with Crippen molar-refractivity contribution in [2.75, 3.05) is 26.3 Å². The van der Waals surface area contributed by atoms with Gasteiger partial charge in [-0.15, -0.1) is 0 Å². The van der Waals surface area contributed by atoms with Gasteiger partial charge in [-0.25, -0.2) is 14.8 Å². The third kappa shape index (κ3) is 3.88. The molecule has 0 radical (unpaired) electrons. The van der Waals surface area contributed by atoms with Gasteiger partial charge in [0.05, 0.1) is 49.1 Å². The number of imidazole rings is 2. The van der Waals surface area contributed by atoms with Gasteiger partial charge in [-0.05, 0) is 37.6 Å². The Balaban J connectivity index is 1.19. The fraction of sp³-hybridized carbons (Fsp3) is 0.370. The molecule has 2 amide bonds. The van der Waals surface area contributed by atoms with Gasteiger partial charge in [0, 0.05) is 43.5 Å². The van der Waals surface area contributed by atoms with Crippen molar-refractivity contribution < 1.29 is 9.53 Å². The molecule has 0 spiro atoms. The molecule has 1 fully saturated rings. The minimum absolute atomic E-state index is 0.0447. The van der Waals surface area contributed by atoms with Crippen LogP contribution in [0.15, 0.2) is 36.5 Å². The van der Waals surface area contributed by atoms with Crippen molar-refractivity contribution >= 4 is 6.03 Å². The van der Waals surface area contributed by atoms with E-state index in [1.807, 2.05) is 47.2 Å². The van der Waals surface area contributed by atoms with E-state index in [0.29, 0.717) is 39.4 Å². The zero-order valence-corrected chi connectivity index (χ0v) is 20.8. The van der Waals surface area contributed by atoms with E-state index in [4.69, 9.17) is 19.7 Å². The van der Waals surface area contributed by atoms with Crippen molar-refractivity contribution in [3.63, 3.8) is 0 Å². The number of aryl methyl sites for hydroxylation is 2. The van der Waals surface area contributed by atoms with E-state index in [1.54, 1.807) is 0 Å². The zero-order valence-electron chi connectivity index (χ0n) is 20.8. The Morgan fingerprint density at radius 1 is 1.00 bits per heavy atom. The standard InChI is InChI=1S/C27H28N8O2/c1-17-4-2-5-19(29-17)24-25(35-9-3-6-23(35)32-24)18-7-8-28-20(14-18)26-30-21-15-34(16-22(21)31-26)27(36)33-10-12-37-13-11-33/h2,4-5,7-8,14H,3,6,9-13,15-16H2,1H3,(H,30,31). The summed E-state index contributed by atoms with van der Waals surface area (Å²) < 4.78 is 7.69. The van der Waals surface area contributed by atoms with Gasteiger partial charge < -0.3 is 24.1 Å². The molecule has 10 heteroatoms. The number of pyridine rings is 2.